The third-order valence-electron chi connectivity index (χ3n) is 4.41. The Kier molecular flexibility index (Phi) is 5.25. The van der Waals surface area contributed by atoms with Crippen LogP contribution in [0, 0.1) is 5.92 Å². The Morgan fingerprint density at radius 3 is 2.67 bits per heavy atom. The molecule has 1 aromatic heterocycles. The normalized spacial score (nSPS) is 19.5. The molecule has 0 spiro atoms. The lowest BCUT2D eigenvalue weighted by molar-refractivity contribution is -0.122. The van der Waals surface area contributed by atoms with E-state index in [1.807, 2.05) is 6.07 Å². The Labute approximate surface area is 144 Å². The second kappa shape index (κ2) is 7.57. The van der Waals surface area contributed by atoms with Crippen LogP contribution < -0.4 is 5.32 Å². The zero-order valence-electron chi connectivity index (χ0n) is 13.3. The minimum Gasteiger partial charge on any atom is -0.476 e. The summed E-state index contributed by atoms with van der Waals surface area (Å²) in [4.78, 5) is 26.7. The number of hydrogen-bond donors (Lipinski definition) is 2. The lowest BCUT2D eigenvalue weighted by Crippen LogP contribution is -2.31. The first-order chi connectivity index (χ1) is 11.6. The molecule has 0 aliphatic heterocycles. The van der Waals surface area contributed by atoms with E-state index in [1.165, 1.54) is 22.3 Å². The van der Waals surface area contributed by atoms with E-state index >= 15 is 0 Å². The topological polar surface area (TPSA) is 79.3 Å². The van der Waals surface area contributed by atoms with Crippen molar-refractivity contribution in [3.8, 4) is 0 Å². The third kappa shape index (κ3) is 4.20. The van der Waals surface area contributed by atoms with Gasteiger partial charge in [-0.1, -0.05) is 30.3 Å². The molecule has 1 aliphatic carbocycles. The Hall–Kier alpha value is -2.21. The predicted molar refractivity (Wildman–Crippen MR) is 92.3 cm³/mol. The first-order valence-electron chi connectivity index (χ1n) is 8.11. The van der Waals surface area contributed by atoms with Gasteiger partial charge in [-0.3, -0.25) is 4.79 Å². The smallest absolute Gasteiger partial charge is 0.355 e. The van der Waals surface area contributed by atoms with Crippen molar-refractivity contribution < 1.29 is 14.7 Å². The van der Waals surface area contributed by atoms with Crippen molar-refractivity contribution in [1.82, 2.24) is 10.3 Å². The average molecular weight is 344 g/mol. The summed E-state index contributed by atoms with van der Waals surface area (Å²) in [6.45, 7) is 0.500. The van der Waals surface area contributed by atoms with Gasteiger partial charge in [-0.25, -0.2) is 9.78 Å². The molecule has 0 unspecified atom stereocenters. The van der Waals surface area contributed by atoms with Gasteiger partial charge in [-0.15, -0.1) is 11.3 Å². The van der Waals surface area contributed by atoms with Crippen LogP contribution in [0.25, 0.3) is 0 Å². The molecule has 2 N–H and O–H groups in total. The third-order valence-corrected chi connectivity index (χ3v) is 5.32. The van der Waals surface area contributed by atoms with Crippen molar-refractivity contribution in [2.75, 3.05) is 6.54 Å². The number of carboxylic acids is 1. The number of rotatable bonds is 7. The molecule has 1 saturated carbocycles. The van der Waals surface area contributed by atoms with Crippen LogP contribution in [-0.4, -0.2) is 28.5 Å². The highest BCUT2D eigenvalue weighted by molar-refractivity contribution is 7.09. The van der Waals surface area contributed by atoms with E-state index in [0.29, 0.717) is 31.2 Å². The van der Waals surface area contributed by atoms with E-state index in [0.717, 1.165) is 17.8 Å². The zero-order valence-corrected chi connectivity index (χ0v) is 14.1. The zero-order chi connectivity index (χ0) is 16.9. The van der Waals surface area contributed by atoms with E-state index in [1.54, 1.807) is 0 Å². The Balaban J connectivity index is 1.34. The van der Waals surface area contributed by atoms with Gasteiger partial charge in [-0.05, 0) is 30.2 Å². The number of aromatic carboxylic acids is 1. The second-order valence-electron chi connectivity index (χ2n) is 6.18. The van der Waals surface area contributed by atoms with Gasteiger partial charge in [0.2, 0.25) is 5.91 Å². The number of thiazole rings is 1. The van der Waals surface area contributed by atoms with Crippen LogP contribution in [0.1, 0.15) is 46.2 Å². The molecule has 1 fully saturated rings. The number of benzene rings is 1. The van der Waals surface area contributed by atoms with Crippen molar-refractivity contribution in [3.63, 3.8) is 0 Å². The van der Waals surface area contributed by atoms with Gasteiger partial charge in [0.25, 0.3) is 0 Å². The van der Waals surface area contributed by atoms with E-state index in [2.05, 4.69) is 34.6 Å². The molecule has 1 aromatic carbocycles. The molecule has 0 bridgehead atoms. The van der Waals surface area contributed by atoms with E-state index in [9.17, 15) is 9.59 Å². The fraction of sp³-hybridized carbons (Fsp3) is 0.389. The van der Waals surface area contributed by atoms with Gasteiger partial charge in [-0.2, -0.15) is 0 Å². The van der Waals surface area contributed by atoms with Crippen LogP contribution in [0.4, 0.5) is 0 Å². The maximum atomic E-state index is 12.0. The first-order valence-corrected chi connectivity index (χ1v) is 8.99. The van der Waals surface area contributed by atoms with Crippen LogP contribution in [-0.2, 0) is 11.2 Å². The molecular weight excluding hydrogens is 324 g/mol. The highest BCUT2D eigenvalue weighted by atomic mass is 32.1. The molecule has 2 aromatic rings. The van der Waals surface area contributed by atoms with E-state index in [4.69, 9.17) is 5.11 Å². The SMILES string of the molecule is O=C(CC1CC(c2ccccc2)C1)NCCc1nc(C(=O)O)cs1. The Morgan fingerprint density at radius 2 is 2.00 bits per heavy atom. The number of aromatic nitrogens is 1. The van der Waals surface area contributed by atoms with Gasteiger partial charge >= 0.3 is 5.97 Å². The number of carboxylic acid groups (broad SMARTS) is 1. The summed E-state index contributed by atoms with van der Waals surface area (Å²) < 4.78 is 0. The van der Waals surface area contributed by atoms with Crippen LogP contribution in [0.2, 0.25) is 0 Å². The van der Waals surface area contributed by atoms with Crippen molar-refractivity contribution in [1.29, 1.82) is 0 Å². The maximum Gasteiger partial charge on any atom is 0.355 e. The summed E-state index contributed by atoms with van der Waals surface area (Å²) in [6.07, 6.45) is 3.29. The van der Waals surface area contributed by atoms with Crippen LogP contribution in [0.15, 0.2) is 35.7 Å². The molecule has 5 nitrogen and oxygen atoms in total. The van der Waals surface area contributed by atoms with Crippen LogP contribution in [0.3, 0.4) is 0 Å². The van der Waals surface area contributed by atoms with Gasteiger partial charge in [0, 0.05) is 24.8 Å². The molecule has 126 valence electrons. The predicted octanol–water partition coefficient (Wildman–Crippen LogP) is 3.08. The molecule has 3 rings (SSSR count). The molecule has 6 heteroatoms. The van der Waals surface area contributed by atoms with Crippen LogP contribution >= 0.6 is 11.3 Å². The Bertz CT molecular complexity index is 708. The van der Waals surface area contributed by atoms with Crippen molar-refractivity contribution in [2.24, 2.45) is 5.92 Å². The number of carbonyl (C=O) groups excluding carboxylic acids is 1. The minimum absolute atomic E-state index is 0.0709. The lowest BCUT2D eigenvalue weighted by Gasteiger charge is -2.35. The molecular formula is C18H20N2O3S. The summed E-state index contributed by atoms with van der Waals surface area (Å²) in [6, 6.07) is 10.4. The number of nitrogens with one attached hydrogen (secondary N) is 1. The highest BCUT2D eigenvalue weighted by Crippen LogP contribution is 2.43. The summed E-state index contributed by atoms with van der Waals surface area (Å²) in [5, 5.41) is 14.0. The summed E-state index contributed by atoms with van der Waals surface area (Å²) in [5.74, 6) is 0.114. The standard InChI is InChI=1S/C18H20N2O3S/c21-16(19-7-6-17-20-15(11-24-17)18(22)23)10-12-8-14(9-12)13-4-2-1-3-5-13/h1-5,11-12,14H,6-10H2,(H,19,21)(H,22,23). The van der Waals surface area contributed by atoms with E-state index < -0.39 is 5.97 Å². The number of hydrogen-bond acceptors (Lipinski definition) is 4. The highest BCUT2D eigenvalue weighted by Gasteiger charge is 2.31. The first kappa shape index (κ1) is 16.6. The largest absolute Gasteiger partial charge is 0.476 e. The quantitative estimate of drug-likeness (QED) is 0.809. The molecule has 1 amide bonds. The molecule has 1 aliphatic rings. The molecule has 0 atom stereocenters. The average Bonchev–Trinajstić information content (AvgIpc) is 3.00. The fourth-order valence-electron chi connectivity index (χ4n) is 3.07. The lowest BCUT2D eigenvalue weighted by atomic mass is 9.70. The monoisotopic (exact) mass is 344 g/mol. The maximum absolute atomic E-state index is 12.0. The van der Waals surface area contributed by atoms with E-state index in [-0.39, 0.29) is 11.6 Å². The summed E-state index contributed by atoms with van der Waals surface area (Å²) in [7, 11) is 0. The molecule has 1 heterocycles. The van der Waals surface area contributed by atoms with Gasteiger partial charge in [0.15, 0.2) is 5.69 Å². The van der Waals surface area contributed by atoms with Crippen LogP contribution in [0.5, 0.6) is 0 Å². The number of amides is 1. The van der Waals surface area contributed by atoms with Crippen molar-refractivity contribution >= 4 is 23.2 Å². The second-order valence-corrected chi connectivity index (χ2v) is 7.12. The van der Waals surface area contributed by atoms with Gasteiger partial charge in [0.05, 0.1) is 5.01 Å². The number of carbonyl (C=O) groups is 2. The summed E-state index contributed by atoms with van der Waals surface area (Å²) in [5.41, 5.74) is 1.44. The minimum atomic E-state index is -1.01. The Morgan fingerprint density at radius 1 is 1.25 bits per heavy atom. The molecule has 24 heavy (non-hydrogen) atoms. The summed E-state index contributed by atoms with van der Waals surface area (Å²) >= 11 is 1.31. The molecule has 0 radical (unpaired) electrons. The number of nitrogens with zero attached hydrogens (tertiary/aromatic N) is 1. The van der Waals surface area contributed by atoms with Gasteiger partial charge < -0.3 is 10.4 Å². The van der Waals surface area contributed by atoms with Crippen molar-refractivity contribution in [3.05, 3.63) is 52.0 Å². The fourth-order valence-corrected chi connectivity index (χ4v) is 3.84. The molecule has 0 saturated heterocycles. The van der Waals surface area contributed by atoms with Gasteiger partial charge in [0.1, 0.15) is 0 Å². The van der Waals surface area contributed by atoms with Crippen molar-refractivity contribution in [2.45, 2.75) is 31.6 Å².